The van der Waals surface area contributed by atoms with Gasteiger partial charge in [-0.15, -0.1) is 11.3 Å². The molecule has 0 aliphatic carbocycles. The molecule has 0 saturated carbocycles. The number of benzene rings is 9. The zero-order valence-electron chi connectivity index (χ0n) is 28.9. The lowest BCUT2D eigenvalue weighted by atomic mass is 10.0. The van der Waals surface area contributed by atoms with E-state index < -0.39 is 0 Å². The predicted octanol–water partition coefficient (Wildman–Crippen LogP) is 14.5. The van der Waals surface area contributed by atoms with Crippen LogP contribution >= 0.6 is 11.3 Å². The molecule has 13 rings (SSSR count). The number of para-hydroxylation sites is 4. The van der Waals surface area contributed by atoms with Gasteiger partial charge in [-0.2, -0.15) is 0 Å². The second-order valence-electron chi connectivity index (χ2n) is 14.5. The van der Waals surface area contributed by atoms with E-state index in [0.29, 0.717) is 0 Å². The van der Waals surface area contributed by atoms with Crippen molar-refractivity contribution in [3.8, 4) is 11.4 Å². The number of fused-ring (bicyclic) bond motifs is 15. The highest BCUT2D eigenvalue weighted by molar-refractivity contribution is 7.26. The molecule has 54 heavy (non-hydrogen) atoms. The van der Waals surface area contributed by atoms with Crippen LogP contribution in [0.4, 0.5) is 0 Å². The number of hydrogen-bond donors (Lipinski definition) is 0. The Morgan fingerprint density at radius 2 is 0.833 bits per heavy atom. The van der Waals surface area contributed by atoms with Gasteiger partial charge in [-0.1, -0.05) is 84.9 Å². The number of thiophene rings is 1. The minimum absolute atomic E-state index is 0.917. The van der Waals surface area contributed by atoms with Crippen LogP contribution in [0.3, 0.4) is 0 Å². The largest absolute Gasteiger partial charge is 0.456 e. The van der Waals surface area contributed by atoms with E-state index in [9.17, 15) is 0 Å². The first kappa shape index (κ1) is 28.7. The van der Waals surface area contributed by atoms with E-state index in [2.05, 4.69) is 179 Å². The van der Waals surface area contributed by atoms with Crippen LogP contribution < -0.4 is 0 Å². The number of rotatable bonds is 2. The third-order valence-corrected chi connectivity index (χ3v) is 12.7. The van der Waals surface area contributed by atoms with Crippen molar-refractivity contribution in [2.75, 3.05) is 0 Å². The van der Waals surface area contributed by atoms with E-state index in [-0.39, 0.29) is 0 Å². The molecule has 0 saturated heterocycles. The maximum atomic E-state index is 6.67. The number of nitrogens with zero attached hydrogens (tertiary/aromatic N) is 2. The highest BCUT2D eigenvalue weighted by atomic mass is 32.1. The van der Waals surface area contributed by atoms with Gasteiger partial charge in [-0.3, -0.25) is 0 Å². The van der Waals surface area contributed by atoms with E-state index >= 15 is 0 Å². The van der Waals surface area contributed by atoms with Crippen LogP contribution in [0.15, 0.2) is 174 Å². The second kappa shape index (κ2) is 10.4. The fourth-order valence-corrected chi connectivity index (χ4v) is 10.4. The lowest BCUT2D eigenvalue weighted by Gasteiger charge is -2.10. The van der Waals surface area contributed by atoms with Crippen molar-refractivity contribution in [3.63, 3.8) is 0 Å². The predicted molar refractivity (Wildman–Crippen MR) is 230 cm³/mol. The summed E-state index contributed by atoms with van der Waals surface area (Å²) in [5.41, 5.74) is 9.05. The van der Waals surface area contributed by atoms with Crippen LogP contribution in [0.1, 0.15) is 0 Å². The molecule has 0 aliphatic heterocycles. The van der Waals surface area contributed by atoms with Gasteiger partial charge in [0, 0.05) is 63.9 Å². The highest BCUT2D eigenvalue weighted by Gasteiger charge is 2.18. The van der Waals surface area contributed by atoms with Crippen LogP contribution in [0.5, 0.6) is 0 Å². The van der Waals surface area contributed by atoms with Gasteiger partial charge < -0.3 is 13.6 Å². The summed E-state index contributed by atoms with van der Waals surface area (Å²) >= 11 is 1.87. The van der Waals surface area contributed by atoms with Gasteiger partial charge in [0.25, 0.3) is 0 Å². The highest BCUT2D eigenvalue weighted by Crippen LogP contribution is 2.45. The molecule has 3 nitrogen and oxygen atoms in total. The number of hydrogen-bond acceptors (Lipinski definition) is 2. The molecule has 0 N–H and O–H groups in total. The molecule has 4 heteroatoms. The molecule has 0 bridgehead atoms. The molecule has 0 fully saturated rings. The van der Waals surface area contributed by atoms with Gasteiger partial charge in [-0.25, -0.2) is 0 Å². The average molecular weight is 705 g/mol. The molecule has 4 heterocycles. The lowest BCUT2D eigenvalue weighted by molar-refractivity contribution is 0.670. The molecular weight excluding hydrogens is 677 g/mol. The summed E-state index contributed by atoms with van der Waals surface area (Å²) in [7, 11) is 0. The summed E-state index contributed by atoms with van der Waals surface area (Å²) in [6.07, 6.45) is 0. The van der Waals surface area contributed by atoms with Gasteiger partial charge in [-0.05, 0) is 106 Å². The summed E-state index contributed by atoms with van der Waals surface area (Å²) in [5, 5.41) is 14.9. The third kappa shape index (κ3) is 3.80. The first-order valence-electron chi connectivity index (χ1n) is 18.4. The quantitative estimate of drug-likeness (QED) is 0.176. The Hall–Kier alpha value is -6.88. The van der Waals surface area contributed by atoms with E-state index in [1.54, 1.807) is 0 Å². The van der Waals surface area contributed by atoms with Gasteiger partial charge >= 0.3 is 0 Å². The zero-order valence-corrected chi connectivity index (χ0v) is 29.7. The van der Waals surface area contributed by atoms with Crippen molar-refractivity contribution in [2.24, 2.45) is 0 Å². The monoisotopic (exact) mass is 704 g/mol. The summed E-state index contributed by atoms with van der Waals surface area (Å²) < 4.78 is 14.0. The topological polar surface area (TPSA) is 23.0 Å². The van der Waals surface area contributed by atoms with Crippen molar-refractivity contribution >= 4 is 119 Å². The van der Waals surface area contributed by atoms with Crippen LogP contribution in [0, 0.1) is 0 Å². The Labute approximate surface area is 312 Å². The summed E-state index contributed by atoms with van der Waals surface area (Å²) in [5.74, 6) is 0. The average Bonchev–Trinajstić information content (AvgIpc) is 3.96. The van der Waals surface area contributed by atoms with Crippen molar-refractivity contribution in [2.45, 2.75) is 0 Å². The third-order valence-electron chi connectivity index (χ3n) is 11.6. The molecule has 0 spiro atoms. The first-order chi connectivity index (χ1) is 26.7. The SMILES string of the molecule is c1ccc2c(c1)c1ccccc1n2-c1ccc2cc3c(cc2c1)oc1ccc2sc4cc5cc(-n6c7ccccc7c7ccccc76)ccc5cc4c2c13. The Morgan fingerprint density at radius 1 is 0.333 bits per heavy atom. The fraction of sp³-hybridized carbons (Fsp3) is 0. The summed E-state index contributed by atoms with van der Waals surface area (Å²) in [6.45, 7) is 0. The van der Waals surface area contributed by atoms with Gasteiger partial charge in [0.2, 0.25) is 0 Å². The number of furan rings is 1. The molecule has 13 aromatic rings. The van der Waals surface area contributed by atoms with E-state index in [4.69, 9.17) is 4.42 Å². The van der Waals surface area contributed by atoms with Crippen LogP contribution in [0.25, 0.3) is 119 Å². The molecule has 9 aromatic carbocycles. The van der Waals surface area contributed by atoms with Crippen molar-refractivity contribution < 1.29 is 4.42 Å². The molecule has 0 aliphatic rings. The zero-order chi connectivity index (χ0) is 35.1. The first-order valence-corrected chi connectivity index (χ1v) is 19.2. The minimum atomic E-state index is 0.917. The Balaban J connectivity index is 0.995. The van der Waals surface area contributed by atoms with E-state index in [0.717, 1.165) is 27.6 Å². The Kier molecular flexibility index (Phi) is 5.51. The minimum Gasteiger partial charge on any atom is -0.456 e. The van der Waals surface area contributed by atoms with E-state index in [1.807, 2.05) is 11.3 Å². The van der Waals surface area contributed by atoms with Crippen LogP contribution in [-0.4, -0.2) is 9.13 Å². The lowest BCUT2D eigenvalue weighted by Crippen LogP contribution is -1.93. The van der Waals surface area contributed by atoms with Crippen LogP contribution in [-0.2, 0) is 0 Å². The molecule has 250 valence electrons. The normalized spacial score (nSPS) is 12.4. The van der Waals surface area contributed by atoms with Crippen molar-refractivity contribution in [3.05, 3.63) is 170 Å². The fourth-order valence-electron chi connectivity index (χ4n) is 9.27. The van der Waals surface area contributed by atoms with E-state index in [1.165, 1.54) is 91.0 Å². The Morgan fingerprint density at radius 3 is 1.39 bits per heavy atom. The molecule has 0 radical (unpaired) electrons. The standard InChI is InChI=1S/C50H28N2OS/c1-5-13-41-35(9-1)36-10-2-6-14-42(36)51(41)33-19-17-29-25-39-46(27-31(29)23-33)53-45-21-22-47-50(49(39)45)40-26-30-18-20-34(24-32(30)28-48(40)54-47)52-43-15-7-3-11-37(43)38-12-4-8-16-44(38)52/h1-28H. The maximum Gasteiger partial charge on any atom is 0.136 e. The Bertz CT molecular complexity index is 3390. The smallest absolute Gasteiger partial charge is 0.136 e. The number of aromatic nitrogens is 2. The molecule has 0 unspecified atom stereocenters. The summed E-state index contributed by atoms with van der Waals surface area (Å²) in [6, 6.07) is 62.2. The molecule has 0 amide bonds. The molecular formula is C50H28N2OS. The van der Waals surface area contributed by atoms with Gasteiger partial charge in [0.1, 0.15) is 11.2 Å². The molecule has 0 atom stereocenters. The van der Waals surface area contributed by atoms with Gasteiger partial charge in [0.15, 0.2) is 0 Å². The maximum absolute atomic E-state index is 6.67. The van der Waals surface area contributed by atoms with Crippen molar-refractivity contribution in [1.82, 2.24) is 9.13 Å². The van der Waals surface area contributed by atoms with Gasteiger partial charge in [0.05, 0.1) is 22.1 Å². The molecule has 4 aromatic heterocycles. The second-order valence-corrected chi connectivity index (χ2v) is 15.6. The summed E-state index contributed by atoms with van der Waals surface area (Å²) in [4.78, 5) is 0. The van der Waals surface area contributed by atoms with Crippen LogP contribution in [0.2, 0.25) is 0 Å². The van der Waals surface area contributed by atoms with Crippen molar-refractivity contribution in [1.29, 1.82) is 0 Å².